The molecule has 2 aromatic heterocycles. The van der Waals surface area contributed by atoms with E-state index in [1.165, 1.54) is 28.8 Å². The average molecular weight is 463 g/mol. The van der Waals surface area contributed by atoms with Gasteiger partial charge in [-0.2, -0.15) is 0 Å². The summed E-state index contributed by atoms with van der Waals surface area (Å²) in [5, 5.41) is 3.42. The second-order valence-corrected chi connectivity index (χ2v) is 9.68. The van der Waals surface area contributed by atoms with Crippen molar-refractivity contribution in [3.05, 3.63) is 94.3 Å². The van der Waals surface area contributed by atoms with Gasteiger partial charge >= 0.3 is 0 Å². The first kappa shape index (κ1) is 26.0. The molecule has 3 rings (SSSR count). The van der Waals surface area contributed by atoms with Crippen molar-refractivity contribution in [2.75, 3.05) is 19.6 Å². The van der Waals surface area contributed by atoms with E-state index in [9.17, 15) is 4.39 Å². The number of halogens is 1. The second kappa shape index (κ2) is 12.2. The van der Waals surface area contributed by atoms with Crippen molar-refractivity contribution in [1.29, 1.82) is 0 Å². The molecule has 0 aliphatic carbocycles. The lowest BCUT2D eigenvalue weighted by Crippen LogP contribution is -2.29. The average Bonchev–Trinajstić information content (AvgIpc) is 2.81. The lowest BCUT2D eigenvalue weighted by Gasteiger charge is -2.30. The molecule has 0 bridgehead atoms. The van der Waals surface area contributed by atoms with Gasteiger partial charge in [0.15, 0.2) is 0 Å². The minimum Gasteiger partial charge on any atom is -0.317 e. The van der Waals surface area contributed by atoms with Gasteiger partial charge in [0.05, 0.1) is 11.4 Å². The first-order chi connectivity index (χ1) is 16.3. The standard InChI is InChI=1S/C29H39FN4/c1-6-31-15-7-8-17-34(20-27-23(3)18-22(2)19-33-27)21-28-26(10-9-16-32-28)29(4,5)24-11-13-25(30)14-12-24/h9-14,16,18-19,31H,6-8,15,17,20-21H2,1-5H3. The van der Waals surface area contributed by atoms with Gasteiger partial charge in [-0.3, -0.25) is 14.9 Å². The smallest absolute Gasteiger partial charge is 0.123 e. The maximum absolute atomic E-state index is 13.6. The summed E-state index contributed by atoms with van der Waals surface area (Å²) in [6, 6.07) is 13.2. The Kier molecular flexibility index (Phi) is 9.31. The van der Waals surface area contributed by atoms with Crippen molar-refractivity contribution in [2.24, 2.45) is 0 Å². The first-order valence-corrected chi connectivity index (χ1v) is 12.4. The van der Waals surface area contributed by atoms with Crippen molar-refractivity contribution in [3.63, 3.8) is 0 Å². The van der Waals surface area contributed by atoms with Gasteiger partial charge in [0, 0.05) is 30.9 Å². The van der Waals surface area contributed by atoms with E-state index in [1.807, 2.05) is 30.6 Å². The van der Waals surface area contributed by atoms with Crippen LogP contribution < -0.4 is 5.32 Å². The molecule has 0 aliphatic rings. The molecule has 5 heteroatoms. The molecule has 0 spiro atoms. The molecule has 34 heavy (non-hydrogen) atoms. The highest BCUT2D eigenvalue weighted by atomic mass is 19.1. The molecule has 0 saturated heterocycles. The number of benzene rings is 1. The van der Waals surface area contributed by atoms with Crippen LogP contribution in [0.2, 0.25) is 0 Å². The van der Waals surface area contributed by atoms with Crippen molar-refractivity contribution in [1.82, 2.24) is 20.2 Å². The third-order valence-corrected chi connectivity index (χ3v) is 6.53. The number of hydrogen-bond acceptors (Lipinski definition) is 4. The van der Waals surface area contributed by atoms with Crippen LogP contribution in [0.3, 0.4) is 0 Å². The normalized spacial score (nSPS) is 11.9. The lowest BCUT2D eigenvalue weighted by atomic mass is 9.77. The summed E-state index contributed by atoms with van der Waals surface area (Å²) in [6.07, 6.45) is 6.08. The van der Waals surface area contributed by atoms with Gasteiger partial charge in [-0.1, -0.05) is 45.0 Å². The van der Waals surface area contributed by atoms with Gasteiger partial charge in [-0.05, 0) is 86.8 Å². The molecule has 0 fully saturated rings. The fraction of sp³-hybridized carbons (Fsp3) is 0.448. The molecule has 0 radical (unpaired) electrons. The minimum atomic E-state index is -0.286. The number of aromatic nitrogens is 2. The topological polar surface area (TPSA) is 41.0 Å². The van der Waals surface area contributed by atoms with Crippen LogP contribution in [0.25, 0.3) is 0 Å². The highest BCUT2D eigenvalue weighted by Gasteiger charge is 2.27. The Morgan fingerprint density at radius 3 is 2.41 bits per heavy atom. The largest absolute Gasteiger partial charge is 0.317 e. The molecule has 4 nitrogen and oxygen atoms in total. The summed E-state index contributed by atoms with van der Waals surface area (Å²) in [4.78, 5) is 12.0. The van der Waals surface area contributed by atoms with Crippen molar-refractivity contribution >= 4 is 0 Å². The summed E-state index contributed by atoms with van der Waals surface area (Å²) in [5.74, 6) is -0.212. The Hall–Kier alpha value is -2.63. The van der Waals surface area contributed by atoms with E-state index >= 15 is 0 Å². The zero-order valence-electron chi connectivity index (χ0n) is 21.4. The van der Waals surface area contributed by atoms with E-state index in [1.54, 1.807) is 0 Å². The highest BCUT2D eigenvalue weighted by Crippen LogP contribution is 2.33. The Bertz CT molecular complexity index is 1050. The maximum Gasteiger partial charge on any atom is 0.123 e. The van der Waals surface area contributed by atoms with Crippen molar-refractivity contribution < 1.29 is 4.39 Å². The fourth-order valence-electron chi connectivity index (χ4n) is 4.46. The van der Waals surface area contributed by atoms with Crippen molar-refractivity contribution in [2.45, 2.75) is 66.0 Å². The monoisotopic (exact) mass is 462 g/mol. The van der Waals surface area contributed by atoms with Crippen LogP contribution in [0.5, 0.6) is 0 Å². The van der Waals surface area contributed by atoms with Crippen molar-refractivity contribution in [3.8, 4) is 0 Å². The number of aryl methyl sites for hydroxylation is 2. The predicted molar refractivity (Wildman–Crippen MR) is 138 cm³/mol. The third-order valence-electron chi connectivity index (χ3n) is 6.53. The minimum absolute atomic E-state index is 0.212. The number of rotatable bonds is 12. The van der Waals surface area contributed by atoms with E-state index < -0.39 is 0 Å². The van der Waals surface area contributed by atoms with Crippen LogP contribution in [0, 0.1) is 19.7 Å². The molecule has 0 atom stereocenters. The van der Waals surface area contributed by atoms with Crippen LogP contribution in [-0.4, -0.2) is 34.5 Å². The maximum atomic E-state index is 13.6. The summed E-state index contributed by atoms with van der Waals surface area (Å²) in [7, 11) is 0. The molecule has 3 aromatic rings. The quantitative estimate of drug-likeness (QED) is 0.338. The van der Waals surface area contributed by atoms with Crippen LogP contribution in [0.15, 0.2) is 54.9 Å². The molecular weight excluding hydrogens is 423 g/mol. The summed E-state index contributed by atoms with van der Waals surface area (Å²) >= 11 is 0. The van der Waals surface area contributed by atoms with Gasteiger partial charge in [-0.15, -0.1) is 0 Å². The van der Waals surface area contributed by atoms with E-state index in [2.05, 4.69) is 57.0 Å². The van der Waals surface area contributed by atoms with Crippen LogP contribution in [-0.2, 0) is 18.5 Å². The van der Waals surface area contributed by atoms with Crippen LogP contribution >= 0.6 is 0 Å². The third kappa shape index (κ3) is 6.94. The predicted octanol–water partition coefficient (Wildman–Crippen LogP) is 5.95. The Morgan fingerprint density at radius 2 is 1.71 bits per heavy atom. The molecule has 0 aliphatic heterocycles. The number of nitrogens with one attached hydrogen (secondary N) is 1. The number of nitrogens with zero attached hydrogens (tertiary/aromatic N) is 3. The zero-order valence-corrected chi connectivity index (χ0v) is 21.4. The van der Waals surface area contributed by atoms with Gasteiger partial charge in [0.1, 0.15) is 5.82 Å². The summed E-state index contributed by atoms with van der Waals surface area (Å²) < 4.78 is 13.6. The SMILES string of the molecule is CCNCCCCN(Cc1ncc(C)cc1C)Cc1ncccc1C(C)(C)c1ccc(F)cc1. The molecule has 1 N–H and O–H groups in total. The van der Waals surface area contributed by atoms with E-state index in [-0.39, 0.29) is 11.2 Å². The van der Waals surface area contributed by atoms with Gasteiger partial charge in [-0.25, -0.2) is 4.39 Å². The lowest BCUT2D eigenvalue weighted by molar-refractivity contribution is 0.243. The molecule has 2 heterocycles. The second-order valence-electron chi connectivity index (χ2n) is 9.68. The van der Waals surface area contributed by atoms with Gasteiger partial charge in [0.2, 0.25) is 0 Å². The number of hydrogen-bond donors (Lipinski definition) is 1. The molecule has 0 saturated carbocycles. The van der Waals surface area contributed by atoms with E-state index in [0.717, 1.165) is 62.5 Å². The molecule has 182 valence electrons. The van der Waals surface area contributed by atoms with E-state index in [4.69, 9.17) is 9.97 Å². The van der Waals surface area contributed by atoms with Crippen LogP contribution in [0.1, 0.15) is 67.3 Å². The zero-order chi connectivity index (χ0) is 24.6. The highest BCUT2D eigenvalue weighted by molar-refractivity contribution is 5.39. The van der Waals surface area contributed by atoms with Crippen LogP contribution in [0.4, 0.5) is 4.39 Å². The first-order valence-electron chi connectivity index (χ1n) is 12.4. The van der Waals surface area contributed by atoms with Gasteiger partial charge in [0.25, 0.3) is 0 Å². The molecular formula is C29H39FN4. The summed E-state index contributed by atoms with van der Waals surface area (Å²) in [5.41, 5.74) is 6.56. The van der Waals surface area contributed by atoms with Gasteiger partial charge < -0.3 is 5.32 Å². The summed E-state index contributed by atoms with van der Waals surface area (Å²) in [6.45, 7) is 15.3. The molecule has 0 amide bonds. The Morgan fingerprint density at radius 1 is 0.971 bits per heavy atom. The number of unbranched alkanes of at least 4 members (excludes halogenated alkanes) is 1. The number of pyridine rings is 2. The molecule has 0 unspecified atom stereocenters. The Balaban J connectivity index is 1.85. The Labute approximate surface area is 204 Å². The fourth-order valence-corrected chi connectivity index (χ4v) is 4.46. The van der Waals surface area contributed by atoms with E-state index in [0.29, 0.717) is 0 Å². The molecule has 1 aromatic carbocycles.